The molecule has 0 radical (unpaired) electrons. The topological polar surface area (TPSA) is 58.6 Å². The van der Waals surface area contributed by atoms with Gasteiger partial charge in [-0.15, -0.1) is 0 Å². The standard InChI is InChI=1S/C14H18N2O3/c1-11-3-2-4-12(9-11)19-8-5-14(18)16-7-6-15-13(17)10-16/h2-4,9H,5-8,10H2,1H3,(H,15,17). The molecule has 1 aliphatic heterocycles. The number of piperazine rings is 1. The fourth-order valence-electron chi connectivity index (χ4n) is 1.97. The summed E-state index contributed by atoms with van der Waals surface area (Å²) in [6.07, 6.45) is 0.293. The van der Waals surface area contributed by atoms with Gasteiger partial charge in [-0.3, -0.25) is 9.59 Å². The number of carbonyl (C=O) groups excluding carboxylic acids is 2. The number of ether oxygens (including phenoxy) is 1. The van der Waals surface area contributed by atoms with Crippen LogP contribution in [0.5, 0.6) is 5.75 Å². The van der Waals surface area contributed by atoms with E-state index in [0.29, 0.717) is 26.1 Å². The van der Waals surface area contributed by atoms with Crippen molar-refractivity contribution in [3.05, 3.63) is 29.8 Å². The van der Waals surface area contributed by atoms with E-state index in [1.165, 1.54) is 0 Å². The lowest BCUT2D eigenvalue weighted by Crippen LogP contribution is -2.50. The van der Waals surface area contributed by atoms with E-state index in [0.717, 1.165) is 11.3 Å². The van der Waals surface area contributed by atoms with Crippen LogP contribution in [-0.4, -0.2) is 43.0 Å². The summed E-state index contributed by atoms with van der Waals surface area (Å²) in [7, 11) is 0. The quantitative estimate of drug-likeness (QED) is 0.870. The Balaban J connectivity index is 1.76. The van der Waals surface area contributed by atoms with Crippen LogP contribution in [0, 0.1) is 6.92 Å². The second kappa shape index (κ2) is 6.22. The number of amides is 2. The summed E-state index contributed by atoms with van der Waals surface area (Å²) in [4.78, 5) is 24.6. The third-order valence-corrected chi connectivity index (χ3v) is 2.97. The van der Waals surface area contributed by atoms with Gasteiger partial charge in [0.25, 0.3) is 0 Å². The molecule has 0 unspecified atom stereocenters. The van der Waals surface area contributed by atoms with Gasteiger partial charge in [-0.25, -0.2) is 0 Å². The molecule has 2 rings (SSSR count). The SMILES string of the molecule is Cc1cccc(OCCC(=O)N2CCNC(=O)C2)c1. The van der Waals surface area contributed by atoms with Crippen molar-refractivity contribution in [3.8, 4) is 5.75 Å². The van der Waals surface area contributed by atoms with Crippen molar-refractivity contribution in [1.82, 2.24) is 10.2 Å². The summed E-state index contributed by atoms with van der Waals surface area (Å²) in [5, 5.41) is 2.69. The molecule has 5 heteroatoms. The van der Waals surface area contributed by atoms with Gasteiger partial charge < -0.3 is 15.0 Å². The Labute approximate surface area is 112 Å². The van der Waals surface area contributed by atoms with Crippen LogP contribution in [0.25, 0.3) is 0 Å². The molecular weight excluding hydrogens is 244 g/mol. The van der Waals surface area contributed by atoms with Crippen molar-refractivity contribution < 1.29 is 14.3 Å². The van der Waals surface area contributed by atoms with E-state index in [9.17, 15) is 9.59 Å². The molecule has 1 aromatic carbocycles. The van der Waals surface area contributed by atoms with Gasteiger partial charge in [0.1, 0.15) is 5.75 Å². The molecule has 1 heterocycles. The summed E-state index contributed by atoms with van der Waals surface area (Å²) in [6.45, 7) is 3.59. The average molecular weight is 262 g/mol. The lowest BCUT2D eigenvalue weighted by molar-refractivity contribution is -0.138. The molecule has 0 bridgehead atoms. The van der Waals surface area contributed by atoms with Crippen molar-refractivity contribution in [1.29, 1.82) is 0 Å². The first-order valence-electron chi connectivity index (χ1n) is 6.39. The zero-order valence-corrected chi connectivity index (χ0v) is 11.0. The van der Waals surface area contributed by atoms with Crippen LogP contribution in [0.3, 0.4) is 0 Å². The van der Waals surface area contributed by atoms with Gasteiger partial charge in [-0.05, 0) is 24.6 Å². The Morgan fingerprint density at radius 3 is 3.05 bits per heavy atom. The van der Waals surface area contributed by atoms with Crippen LogP contribution in [-0.2, 0) is 9.59 Å². The molecule has 0 spiro atoms. The molecule has 19 heavy (non-hydrogen) atoms. The molecular formula is C14H18N2O3. The van der Waals surface area contributed by atoms with Gasteiger partial charge in [0.2, 0.25) is 11.8 Å². The predicted octanol–water partition coefficient (Wildman–Crippen LogP) is 0.722. The Morgan fingerprint density at radius 2 is 2.32 bits per heavy atom. The molecule has 1 N–H and O–H groups in total. The van der Waals surface area contributed by atoms with Gasteiger partial charge in [-0.1, -0.05) is 12.1 Å². The first-order valence-corrected chi connectivity index (χ1v) is 6.39. The summed E-state index contributed by atoms with van der Waals surface area (Å²) < 4.78 is 5.53. The van der Waals surface area contributed by atoms with E-state index in [1.807, 2.05) is 31.2 Å². The van der Waals surface area contributed by atoms with E-state index < -0.39 is 0 Å². The number of rotatable bonds is 4. The van der Waals surface area contributed by atoms with Crippen LogP contribution in [0.2, 0.25) is 0 Å². The molecule has 1 fully saturated rings. The molecule has 1 aromatic rings. The smallest absolute Gasteiger partial charge is 0.239 e. The normalized spacial score (nSPS) is 15.0. The molecule has 5 nitrogen and oxygen atoms in total. The zero-order chi connectivity index (χ0) is 13.7. The Morgan fingerprint density at radius 1 is 1.47 bits per heavy atom. The maximum absolute atomic E-state index is 11.9. The summed E-state index contributed by atoms with van der Waals surface area (Å²) >= 11 is 0. The van der Waals surface area contributed by atoms with E-state index in [4.69, 9.17) is 4.74 Å². The summed E-state index contributed by atoms with van der Waals surface area (Å²) in [5.74, 6) is 0.630. The Bertz CT molecular complexity index is 474. The average Bonchev–Trinajstić information content (AvgIpc) is 2.38. The van der Waals surface area contributed by atoms with E-state index in [-0.39, 0.29) is 18.4 Å². The van der Waals surface area contributed by atoms with Crippen molar-refractivity contribution in [2.45, 2.75) is 13.3 Å². The number of carbonyl (C=O) groups is 2. The lowest BCUT2D eigenvalue weighted by atomic mass is 10.2. The number of benzene rings is 1. The molecule has 0 atom stereocenters. The molecule has 0 aliphatic carbocycles. The second-order valence-corrected chi connectivity index (χ2v) is 4.58. The molecule has 0 saturated carbocycles. The molecule has 1 aliphatic rings. The largest absolute Gasteiger partial charge is 0.493 e. The first-order chi connectivity index (χ1) is 9.15. The minimum Gasteiger partial charge on any atom is -0.493 e. The van der Waals surface area contributed by atoms with Crippen LogP contribution in [0.1, 0.15) is 12.0 Å². The lowest BCUT2D eigenvalue weighted by Gasteiger charge is -2.26. The Hall–Kier alpha value is -2.04. The van der Waals surface area contributed by atoms with Crippen LogP contribution in [0.15, 0.2) is 24.3 Å². The second-order valence-electron chi connectivity index (χ2n) is 4.58. The third-order valence-electron chi connectivity index (χ3n) is 2.97. The maximum Gasteiger partial charge on any atom is 0.239 e. The number of hydrogen-bond acceptors (Lipinski definition) is 3. The predicted molar refractivity (Wildman–Crippen MR) is 70.9 cm³/mol. The fourth-order valence-corrected chi connectivity index (χ4v) is 1.97. The Kier molecular flexibility index (Phi) is 4.39. The highest BCUT2D eigenvalue weighted by atomic mass is 16.5. The molecule has 102 valence electrons. The molecule has 1 saturated heterocycles. The van der Waals surface area contributed by atoms with Crippen molar-refractivity contribution in [2.24, 2.45) is 0 Å². The summed E-state index contributed by atoms with van der Waals surface area (Å²) in [5.41, 5.74) is 1.12. The van der Waals surface area contributed by atoms with Gasteiger partial charge in [0, 0.05) is 13.1 Å². The van der Waals surface area contributed by atoms with Gasteiger partial charge in [0.15, 0.2) is 0 Å². The highest BCUT2D eigenvalue weighted by Crippen LogP contribution is 2.12. The fraction of sp³-hybridized carbons (Fsp3) is 0.429. The number of hydrogen-bond donors (Lipinski definition) is 1. The number of nitrogens with one attached hydrogen (secondary N) is 1. The van der Waals surface area contributed by atoms with Crippen molar-refractivity contribution in [3.63, 3.8) is 0 Å². The van der Waals surface area contributed by atoms with Crippen LogP contribution in [0.4, 0.5) is 0 Å². The number of aryl methyl sites for hydroxylation is 1. The van der Waals surface area contributed by atoms with E-state index in [1.54, 1.807) is 4.90 Å². The van der Waals surface area contributed by atoms with E-state index >= 15 is 0 Å². The monoisotopic (exact) mass is 262 g/mol. The summed E-state index contributed by atoms with van der Waals surface area (Å²) in [6, 6.07) is 7.70. The van der Waals surface area contributed by atoms with Gasteiger partial charge >= 0.3 is 0 Å². The first kappa shape index (κ1) is 13.4. The number of nitrogens with zero attached hydrogens (tertiary/aromatic N) is 1. The molecule has 2 amide bonds. The highest BCUT2D eigenvalue weighted by Gasteiger charge is 2.20. The zero-order valence-electron chi connectivity index (χ0n) is 11.0. The minimum absolute atomic E-state index is 0.0393. The van der Waals surface area contributed by atoms with Crippen LogP contribution >= 0.6 is 0 Å². The van der Waals surface area contributed by atoms with Gasteiger partial charge in [0.05, 0.1) is 19.6 Å². The third kappa shape index (κ3) is 3.98. The maximum atomic E-state index is 11.9. The minimum atomic E-state index is -0.0980. The van der Waals surface area contributed by atoms with E-state index in [2.05, 4.69) is 5.32 Å². The van der Waals surface area contributed by atoms with Crippen molar-refractivity contribution in [2.75, 3.05) is 26.2 Å². The van der Waals surface area contributed by atoms with Gasteiger partial charge in [-0.2, -0.15) is 0 Å². The molecule has 0 aromatic heterocycles. The van der Waals surface area contributed by atoms with Crippen molar-refractivity contribution >= 4 is 11.8 Å². The highest BCUT2D eigenvalue weighted by molar-refractivity contribution is 5.85. The van der Waals surface area contributed by atoms with Crippen LogP contribution < -0.4 is 10.1 Å².